The lowest BCUT2D eigenvalue weighted by atomic mass is 9.88. The van der Waals surface area contributed by atoms with Gasteiger partial charge in [-0.3, -0.25) is 0 Å². The van der Waals surface area contributed by atoms with Crippen molar-refractivity contribution in [1.82, 2.24) is 0 Å². The van der Waals surface area contributed by atoms with Gasteiger partial charge in [-0.1, -0.05) is 47.9 Å². The molecule has 2 aromatic rings. The monoisotopic (exact) mass is 164 g/mol. The first-order valence-electron chi connectivity index (χ1n) is 4.57. The van der Waals surface area contributed by atoms with Gasteiger partial charge in [-0.15, -0.1) is 0 Å². The highest BCUT2D eigenvalue weighted by Crippen LogP contribution is 2.29. The maximum atomic E-state index is 2.20. The van der Waals surface area contributed by atoms with Crippen LogP contribution in [0.15, 0.2) is 30.3 Å². The van der Waals surface area contributed by atoms with Crippen LogP contribution in [0.25, 0.3) is 22.9 Å². The predicted octanol–water partition coefficient (Wildman–Crippen LogP) is 1.58. The van der Waals surface area contributed by atoms with E-state index < -0.39 is 0 Å². The quantitative estimate of drug-likeness (QED) is 0.442. The van der Waals surface area contributed by atoms with E-state index in [-0.39, 0.29) is 0 Å². The Morgan fingerprint density at radius 2 is 1.62 bits per heavy atom. The average Bonchev–Trinajstić information content (AvgIpc) is 2.57. The second-order valence-electron chi connectivity index (χ2n) is 3.57. The molecule has 0 aromatic heterocycles. The molecule has 0 nitrogen and oxygen atoms in total. The van der Waals surface area contributed by atoms with Gasteiger partial charge in [0.25, 0.3) is 0 Å². The third-order valence-corrected chi connectivity index (χ3v) is 2.77. The van der Waals surface area contributed by atoms with Crippen LogP contribution < -0.4 is 5.46 Å². The topological polar surface area (TPSA) is 0 Å². The van der Waals surface area contributed by atoms with E-state index >= 15 is 0 Å². The first-order chi connectivity index (χ1) is 6.36. The van der Waals surface area contributed by atoms with Crippen molar-refractivity contribution in [2.75, 3.05) is 0 Å². The van der Waals surface area contributed by atoms with E-state index in [0.29, 0.717) is 0 Å². The molecule has 0 atom stereocenters. The Labute approximate surface area is 78.3 Å². The summed E-state index contributed by atoms with van der Waals surface area (Å²) in [6.45, 7) is 0. The van der Waals surface area contributed by atoms with Crippen molar-refractivity contribution in [3.63, 3.8) is 0 Å². The first kappa shape index (κ1) is 6.96. The highest BCUT2D eigenvalue weighted by molar-refractivity contribution is 6.39. The van der Waals surface area contributed by atoms with Crippen molar-refractivity contribution in [3.8, 4) is 0 Å². The van der Waals surface area contributed by atoms with Crippen molar-refractivity contribution in [3.05, 3.63) is 41.5 Å². The molecule has 1 aliphatic rings. The smallest absolute Gasteiger partial charge is 0.0812 e. The van der Waals surface area contributed by atoms with Gasteiger partial charge in [0.2, 0.25) is 0 Å². The van der Waals surface area contributed by atoms with Gasteiger partial charge >= 0.3 is 0 Å². The number of rotatable bonds is 0. The van der Waals surface area contributed by atoms with E-state index in [2.05, 4.69) is 50.3 Å². The minimum Gasteiger partial charge on any atom is -0.0812 e. The summed E-state index contributed by atoms with van der Waals surface area (Å²) in [5.74, 6) is 0. The molecule has 0 unspecified atom stereocenters. The van der Waals surface area contributed by atoms with Crippen molar-refractivity contribution in [1.29, 1.82) is 0 Å². The molecule has 0 fully saturated rings. The summed E-state index contributed by atoms with van der Waals surface area (Å²) in [5.41, 5.74) is 4.08. The van der Waals surface area contributed by atoms with Gasteiger partial charge in [0.1, 0.15) is 7.85 Å². The van der Waals surface area contributed by atoms with E-state index in [0.717, 1.165) is 0 Å². The maximum Gasteiger partial charge on any atom is 0.140 e. The second kappa shape index (κ2) is 2.26. The minimum absolute atomic E-state index is 1.36. The van der Waals surface area contributed by atoms with Gasteiger partial charge < -0.3 is 0 Å². The van der Waals surface area contributed by atoms with Gasteiger partial charge in [0.15, 0.2) is 0 Å². The fourth-order valence-electron chi connectivity index (χ4n) is 2.07. The lowest BCUT2D eigenvalue weighted by molar-refractivity contribution is 1.75. The zero-order chi connectivity index (χ0) is 8.84. The molecule has 0 bridgehead atoms. The molecule has 0 radical (unpaired) electrons. The third kappa shape index (κ3) is 0.817. The van der Waals surface area contributed by atoms with E-state index in [1.54, 1.807) is 0 Å². The van der Waals surface area contributed by atoms with Crippen LogP contribution in [0, 0.1) is 0 Å². The van der Waals surface area contributed by atoms with Crippen LogP contribution in [-0.4, -0.2) is 7.85 Å². The minimum atomic E-state index is 1.36. The molecule has 0 saturated carbocycles. The molecule has 0 heterocycles. The van der Waals surface area contributed by atoms with Crippen LogP contribution in [0.4, 0.5) is 0 Å². The largest absolute Gasteiger partial charge is 0.140 e. The normalized spacial score (nSPS) is 12.6. The van der Waals surface area contributed by atoms with E-state index in [9.17, 15) is 0 Å². The fraction of sp³-hybridized carbons (Fsp3) is 0. The molecule has 0 saturated heterocycles. The Hall–Kier alpha value is -1.50. The summed E-state index contributed by atoms with van der Waals surface area (Å²) >= 11 is 0. The summed E-state index contributed by atoms with van der Waals surface area (Å²) in [5, 5.41) is 2.81. The molecular formula is C12H9B. The summed E-state index contributed by atoms with van der Waals surface area (Å²) in [6, 6.07) is 10.9. The van der Waals surface area contributed by atoms with E-state index in [1.807, 2.05) is 0 Å². The summed E-state index contributed by atoms with van der Waals surface area (Å²) < 4.78 is 0. The molecule has 60 valence electrons. The van der Waals surface area contributed by atoms with Gasteiger partial charge in [-0.2, -0.15) is 0 Å². The maximum absolute atomic E-state index is 2.20. The molecule has 2 aromatic carbocycles. The molecular weight excluding hydrogens is 155 g/mol. The summed E-state index contributed by atoms with van der Waals surface area (Å²) in [6.07, 6.45) is 4.38. The Bertz CT molecular complexity index is 512. The van der Waals surface area contributed by atoms with Gasteiger partial charge in [-0.05, 0) is 21.9 Å². The zero-order valence-corrected chi connectivity index (χ0v) is 7.54. The fourth-order valence-corrected chi connectivity index (χ4v) is 2.07. The zero-order valence-electron chi connectivity index (χ0n) is 7.54. The van der Waals surface area contributed by atoms with E-state index in [4.69, 9.17) is 0 Å². The lowest BCUT2D eigenvalue weighted by Crippen LogP contribution is -2.03. The Balaban J connectivity index is 2.63. The SMILES string of the molecule is Bc1ccc2c3c(cccc13)C=C2. The molecule has 0 spiro atoms. The summed E-state index contributed by atoms with van der Waals surface area (Å²) in [4.78, 5) is 0. The Morgan fingerprint density at radius 1 is 0.846 bits per heavy atom. The number of hydrogen-bond donors (Lipinski definition) is 0. The predicted molar refractivity (Wildman–Crippen MR) is 61.1 cm³/mol. The van der Waals surface area contributed by atoms with Crippen LogP contribution in [0.3, 0.4) is 0 Å². The number of hydrogen-bond acceptors (Lipinski definition) is 0. The highest BCUT2D eigenvalue weighted by Gasteiger charge is 2.08. The first-order valence-corrected chi connectivity index (χ1v) is 4.57. The number of benzene rings is 2. The Kier molecular flexibility index (Phi) is 1.21. The van der Waals surface area contributed by atoms with Crippen LogP contribution in [0.5, 0.6) is 0 Å². The summed E-state index contributed by atoms with van der Waals surface area (Å²) in [7, 11) is 2.17. The Morgan fingerprint density at radius 3 is 2.46 bits per heavy atom. The van der Waals surface area contributed by atoms with Crippen molar-refractivity contribution < 1.29 is 0 Å². The molecule has 13 heavy (non-hydrogen) atoms. The van der Waals surface area contributed by atoms with Crippen molar-refractivity contribution >= 4 is 36.2 Å². The molecule has 1 aliphatic carbocycles. The van der Waals surface area contributed by atoms with Crippen LogP contribution in [-0.2, 0) is 0 Å². The second-order valence-corrected chi connectivity index (χ2v) is 3.57. The molecule has 1 heteroatoms. The molecule has 0 aliphatic heterocycles. The van der Waals surface area contributed by atoms with E-state index in [1.165, 1.54) is 27.4 Å². The molecule has 3 rings (SSSR count). The molecule has 0 N–H and O–H groups in total. The average molecular weight is 164 g/mol. The van der Waals surface area contributed by atoms with Crippen LogP contribution in [0.1, 0.15) is 11.1 Å². The van der Waals surface area contributed by atoms with Gasteiger partial charge in [0.05, 0.1) is 0 Å². The van der Waals surface area contributed by atoms with Gasteiger partial charge in [-0.25, -0.2) is 0 Å². The van der Waals surface area contributed by atoms with Crippen LogP contribution in [0.2, 0.25) is 0 Å². The van der Waals surface area contributed by atoms with Crippen LogP contribution >= 0.6 is 0 Å². The van der Waals surface area contributed by atoms with Crippen molar-refractivity contribution in [2.24, 2.45) is 0 Å². The lowest BCUT2D eigenvalue weighted by Gasteiger charge is -2.04. The van der Waals surface area contributed by atoms with Gasteiger partial charge in [0, 0.05) is 0 Å². The standard InChI is InChI=1S/C12H9B/c13-11-7-6-9-5-4-8-2-1-3-10(11)12(8)9/h1-7H,13H2. The van der Waals surface area contributed by atoms with Crippen molar-refractivity contribution in [2.45, 2.75) is 0 Å². The highest BCUT2D eigenvalue weighted by atomic mass is 14.1. The molecule has 0 amide bonds. The third-order valence-electron chi connectivity index (χ3n) is 2.77.